The maximum absolute atomic E-state index is 12.0. The number of hydrogen-bond donors (Lipinski definition) is 3. The quantitative estimate of drug-likeness (QED) is 0.608. The lowest BCUT2D eigenvalue weighted by molar-refractivity contribution is -0.118. The van der Waals surface area contributed by atoms with Crippen molar-refractivity contribution in [1.29, 1.82) is 0 Å². The van der Waals surface area contributed by atoms with Gasteiger partial charge >= 0.3 is 0 Å². The first-order valence-electron chi connectivity index (χ1n) is 6.39. The number of hydrogen-bond acceptors (Lipinski definition) is 4. The summed E-state index contributed by atoms with van der Waals surface area (Å²) in [6, 6.07) is 1.77. The molecule has 1 aromatic heterocycles. The first-order chi connectivity index (χ1) is 9.15. The molecule has 0 aliphatic carbocycles. The molecule has 4 N–H and O–H groups in total. The molecule has 0 radical (unpaired) electrons. The van der Waals surface area contributed by atoms with Crippen LogP contribution in [0.2, 0.25) is 0 Å². The van der Waals surface area contributed by atoms with Crippen LogP contribution in [0.5, 0.6) is 0 Å². The van der Waals surface area contributed by atoms with Crippen molar-refractivity contribution in [3.05, 3.63) is 24.0 Å². The van der Waals surface area contributed by atoms with Crippen LogP contribution in [0.15, 0.2) is 18.5 Å². The Bertz CT molecular complexity index is 434. The van der Waals surface area contributed by atoms with E-state index in [1.54, 1.807) is 12.3 Å². The van der Waals surface area contributed by atoms with Gasteiger partial charge in [-0.3, -0.25) is 14.6 Å². The van der Waals surface area contributed by atoms with Crippen LogP contribution < -0.4 is 16.4 Å². The fourth-order valence-electron chi connectivity index (χ4n) is 1.64. The lowest BCUT2D eigenvalue weighted by atomic mass is 10.2. The van der Waals surface area contributed by atoms with Crippen molar-refractivity contribution in [2.45, 2.75) is 26.2 Å². The smallest absolute Gasteiger partial charge is 0.254 e. The minimum Gasteiger partial charge on any atom is -0.385 e. The number of rotatable bonds is 8. The Hall–Kier alpha value is -2.11. The summed E-state index contributed by atoms with van der Waals surface area (Å²) in [4.78, 5) is 26.5. The van der Waals surface area contributed by atoms with Gasteiger partial charge < -0.3 is 16.4 Å². The number of unbranched alkanes of at least 4 members (excludes halogenated alkanes) is 1. The van der Waals surface area contributed by atoms with E-state index in [-0.39, 0.29) is 11.8 Å². The van der Waals surface area contributed by atoms with Crippen molar-refractivity contribution in [3.63, 3.8) is 0 Å². The van der Waals surface area contributed by atoms with Crippen LogP contribution in [-0.4, -0.2) is 29.9 Å². The van der Waals surface area contributed by atoms with Gasteiger partial charge in [0.25, 0.3) is 5.91 Å². The van der Waals surface area contributed by atoms with Gasteiger partial charge in [-0.25, -0.2) is 0 Å². The Morgan fingerprint density at radius 3 is 2.84 bits per heavy atom. The summed E-state index contributed by atoms with van der Waals surface area (Å²) in [6.45, 7) is 3.22. The summed E-state index contributed by atoms with van der Waals surface area (Å²) in [5, 5.41) is 5.91. The largest absolute Gasteiger partial charge is 0.385 e. The van der Waals surface area contributed by atoms with Crippen molar-refractivity contribution < 1.29 is 9.59 Å². The van der Waals surface area contributed by atoms with Gasteiger partial charge in [-0.1, -0.05) is 0 Å². The predicted octanol–water partition coefficient (Wildman–Crippen LogP) is 0.899. The van der Waals surface area contributed by atoms with E-state index in [1.165, 1.54) is 6.20 Å². The Kier molecular flexibility index (Phi) is 6.35. The summed E-state index contributed by atoms with van der Waals surface area (Å²) >= 11 is 0. The molecule has 0 saturated carbocycles. The molecule has 6 nitrogen and oxygen atoms in total. The summed E-state index contributed by atoms with van der Waals surface area (Å²) in [7, 11) is 0. The molecule has 1 rings (SSSR count). The summed E-state index contributed by atoms with van der Waals surface area (Å²) in [6.07, 6.45) is 4.94. The molecule has 0 bridgehead atoms. The van der Waals surface area contributed by atoms with E-state index in [9.17, 15) is 9.59 Å². The van der Waals surface area contributed by atoms with Crippen LogP contribution in [0.3, 0.4) is 0 Å². The van der Waals surface area contributed by atoms with Gasteiger partial charge in [0.1, 0.15) is 0 Å². The van der Waals surface area contributed by atoms with Crippen molar-refractivity contribution in [1.82, 2.24) is 10.3 Å². The third-order valence-electron chi connectivity index (χ3n) is 2.57. The van der Waals surface area contributed by atoms with E-state index < -0.39 is 0 Å². The molecule has 0 aliphatic rings. The molecule has 19 heavy (non-hydrogen) atoms. The highest BCUT2D eigenvalue weighted by atomic mass is 16.2. The standard InChI is InChI=1S/C13H20N4O2/c1-2-16-11-6-8-15-9-10(11)13(19)17-7-4-3-5-12(14)18/h6,8-9H,2-5,7H2,1H3,(H2,14,18)(H,15,16)(H,17,19). The van der Waals surface area contributed by atoms with Crippen LogP contribution in [0.25, 0.3) is 0 Å². The fourth-order valence-corrected chi connectivity index (χ4v) is 1.64. The van der Waals surface area contributed by atoms with E-state index in [0.29, 0.717) is 24.9 Å². The van der Waals surface area contributed by atoms with E-state index in [1.807, 2.05) is 6.92 Å². The molecule has 6 heteroatoms. The SMILES string of the molecule is CCNc1ccncc1C(=O)NCCCCC(N)=O. The zero-order chi connectivity index (χ0) is 14.1. The van der Waals surface area contributed by atoms with Crippen molar-refractivity contribution in [2.24, 2.45) is 5.73 Å². The van der Waals surface area contributed by atoms with Crippen molar-refractivity contribution in [3.8, 4) is 0 Å². The maximum Gasteiger partial charge on any atom is 0.254 e. The first kappa shape index (κ1) is 14.9. The van der Waals surface area contributed by atoms with E-state index in [4.69, 9.17) is 5.73 Å². The molecule has 0 unspecified atom stereocenters. The van der Waals surface area contributed by atoms with Crippen LogP contribution >= 0.6 is 0 Å². The maximum atomic E-state index is 12.0. The van der Waals surface area contributed by atoms with Crippen LogP contribution in [0.4, 0.5) is 5.69 Å². The molecule has 0 aliphatic heterocycles. The molecule has 0 saturated heterocycles. The van der Waals surface area contributed by atoms with Gasteiger partial charge in [0.05, 0.1) is 11.3 Å². The number of aromatic nitrogens is 1. The topological polar surface area (TPSA) is 97.1 Å². The molecule has 0 aromatic carbocycles. The number of primary amides is 1. The third kappa shape index (κ3) is 5.37. The highest BCUT2D eigenvalue weighted by Gasteiger charge is 2.10. The minimum absolute atomic E-state index is 0.164. The average molecular weight is 264 g/mol. The summed E-state index contributed by atoms with van der Waals surface area (Å²) in [5.74, 6) is -0.476. The third-order valence-corrected chi connectivity index (χ3v) is 2.57. The van der Waals surface area contributed by atoms with Gasteiger partial charge in [0.2, 0.25) is 5.91 Å². The number of pyridine rings is 1. The molecular weight excluding hydrogens is 244 g/mol. The molecule has 1 aromatic rings. The molecule has 2 amide bonds. The zero-order valence-electron chi connectivity index (χ0n) is 11.1. The highest BCUT2D eigenvalue weighted by Crippen LogP contribution is 2.12. The summed E-state index contributed by atoms with van der Waals surface area (Å²) < 4.78 is 0. The van der Waals surface area contributed by atoms with E-state index in [0.717, 1.165) is 18.7 Å². The van der Waals surface area contributed by atoms with Gasteiger partial charge in [-0.05, 0) is 25.8 Å². The lowest BCUT2D eigenvalue weighted by Gasteiger charge is -2.10. The minimum atomic E-state index is -0.312. The van der Waals surface area contributed by atoms with Gasteiger partial charge in [0, 0.05) is 31.9 Å². The Morgan fingerprint density at radius 2 is 2.16 bits per heavy atom. The Morgan fingerprint density at radius 1 is 1.37 bits per heavy atom. The second kappa shape index (κ2) is 8.07. The number of carbonyl (C=O) groups is 2. The molecule has 0 fully saturated rings. The van der Waals surface area contributed by atoms with Crippen LogP contribution in [-0.2, 0) is 4.79 Å². The van der Waals surface area contributed by atoms with Crippen molar-refractivity contribution >= 4 is 17.5 Å². The Labute approximate surface area is 112 Å². The number of amides is 2. The zero-order valence-corrected chi connectivity index (χ0v) is 11.1. The van der Waals surface area contributed by atoms with Crippen LogP contribution in [0, 0.1) is 0 Å². The molecule has 0 atom stereocenters. The molecular formula is C13H20N4O2. The second-order valence-electron chi connectivity index (χ2n) is 4.13. The van der Waals surface area contributed by atoms with Gasteiger partial charge in [-0.15, -0.1) is 0 Å². The fraction of sp³-hybridized carbons (Fsp3) is 0.462. The predicted molar refractivity (Wildman–Crippen MR) is 73.8 cm³/mol. The lowest BCUT2D eigenvalue weighted by Crippen LogP contribution is -2.26. The number of nitrogens with two attached hydrogens (primary N) is 1. The second-order valence-corrected chi connectivity index (χ2v) is 4.13. The van der Waals surface area contributed by atoms with Gasteiger partial charge in [0.15, 0.2) is 0 Å². The average Bonchev–Trinajstić information content (AvgIpc) is 2.39. The molecule has 1 heterocycles. The van der Waals surface area contributed by atoms with Crippen molar-refractivity contribution in [2.75, 3.05) is 18.4 Å². The Balaban J connectivity index is 2.43. The normalized spacial score (nSPS) is 9.95. The van der Waals surface area contributed by atoms with E-state index in [2.05, 4.69) is 15.6 Å². The molecule has 104 valence electrons. The van der Waals surface area contributed by atoms with Gasteiger partial charge in [-0.2, -0.15) is 0 Å². The number of nitrogens with one attached hydrogen (secondary N) is 2. The monoisotopic (exact) mass is 264 g/mol. The first-order valence-corrected chi connectivity index (χ1v) is 6.39. The molecule has 0 spiro atoms. The number of nitrogens with zero attached hydrogens (tertiary/aromatic N) is 1. The number of anilines is 1. The van der Waals surface area contributed by atoms with E-state index >= 15 is 0 Å². The van der Waals surface area contributed by atoms with Crippen LogP contribution in [0.1, 0.15) is 36.5 Å². The number of carbonyl (C=O) groups excluding carboxylic acids is 2. The summed E-state index contributed by atoms with van der Waals surface area (Å²) in [5.41, 5.74) is 6.33. The highest BCUT2D eigenvalue weighted by molar-refractivity contribution is 5.99.